The molecule has 4 rings (SSSR count). The molecule has 0 spiro atoms. The number of benzene rings is 2. The summed E-state index contributed by atoms with van der Waals surface area (Å²) in [6.07, 6.45) is 2.56. The summed E-state index contributed by atoms with van der Waals surface area (Å²) in [5.41, 5.74) is 1.84. The molecule has 1 unspecified atom stereocenters. The summed E-state index contributed by atoms with van der Waals surface area (Å²) < 4.78 is 11.9. The normalized spacial score (nSPS) is 19.6. The molecule has 0 N–H and O–H groups in total. The van der Waals surface area contributed by atoms with Crippen molar-refractivity contribution < 1.29 is 13.9 Å². The Morgan fingerprint density at radius 3 is 2.57 bits per heavy atom. The van der Waals surface area contributed by atoms with Gasteiger partial charge < -0.3 is 14.1 Å². The number of methoxy groups -OCH3 is 1. The second-order valence-corrected chi connectivity index (χ2v) is 8.23. The summed E-state index contributed by atoms with van der Waals surface area (Å²) in [7, 11) is 1.73. The third kappa shape index (κ3) is 3.65. The number of carbonyl (C=O) groups is 1. The molecule has 2 aromatic carbocycles. The lowest BCUT2D eigenvalue weighted by molar-refractivity contribution is -0.00537. The minimum absolute atomic E-state index is 0.104. The average molecular weight is 405 g/mol. The van der Waals surface area contributed by atoms with Crippen LogP contribution in [0.2, 0.25) is 0 Å². The van der Waals surface area contributed by atoms with Crippen LogP contribution in [-0.4, -0.2) is 36.6 Å². The monoisotopic (exact) mass is 405 g/mol. The van der Waals surface area contributed by atoms with Crippen LogP contribution in [0.4, 0.5) is 0 Å². The highest BCUT2D eigenvalue weighted by Gasteiger charge is 2.30. The Morgan fingerprint density at radius 1 is 1.07 bits per heavy atom. The molecule has 1 aromatic heterocycles. The molecule has 0 radical (unpaired) electrons. The van der Waals surface area contributed by atoms with Gasteiger partial charge in [0.25, 0.3) is 5.91 Å². The van der Waals surface area contributed by atoms with Crippen molar-refractivity contribution in [2.24, 2.45) is 0 Å². The van der Waals surface area contributed by atoms with Crippen molar-refractivity contribution in [3.05, 3.63) is 69.9 Å². The quantitative estimate of drug-likeness (QED) is 0.628. The van der Waals surface area contributed by atoms with Crippen LogP contribution in [0.3, 0.4) is 0 Å². The smallest absolute Gasteiger partial charge is 0.257 e. The first-order valence-electron chi connectivity index (χ1n) is 10.4. The number of hydrogen-bond donors (Lipinski definition) is 0. The third-order valence-corrected chi connectivity index (χ3v) is 6.24. The van der Waals surface area contributed by atoms with Gasteiger partial charge in [0.1, 0.15) is 5.76 Å². The fourth-order valence-electron chi connectivity index (χ4n) is 4.17. The van der Waals surface area contributed by atoms with E-state index in [1.807, 2.05) is 35.2 Å². The number of amides is 1. The van der Waals surface area contributed by atoms with E-state index < -0.39 is 0 Å². The number of nitrogens with zero attached hydrogens (tertiary/aromatic N) is 1. The Bertz CT molecular complexity index is 1140. The molecule has 2 heterocycles. The molecule has 0 saturated carbocycles. The van der Waals surface area contributed by atoms with E-state index in [4.69, 9.17) is 9.15 Å². The van der Waals surface area contributed by atoms with E-state index in [-0.39, 0.29) is 16.9 Å². The lowest BCUT2D eigenvalue weighted by atomic mass is 9.97. The molecule has 1 amide bonds. The zero-order valence-electron chi connectivity index (χ0n) is 17.7. The lowest BCUT2D eigenvalue weighted by Gasteiger charge is -2.26. The Hall–Kier alpha value is -2.92. The number of para-hydroxylation sites is 1. The van der Waals surface area contributed by atoms with Gasteiger partial charge in [-0.3, -0.25) is 9.59 Å². The number of hydrogen-bond acceptors (Lipinski definition) is 4. The molecular weight excluding hydrogens is 378 g/mol. The molecule has 5 nitrogen and oxygen atoms in total. The minimum atomic E-state index is -0.210. The van der Waals surface area contributed by atoms with Gasteiger partial charge in [-0.15, -0.1) is 0 Å². The maximum absolute atomic E-state index is 13.4. The predicted octanol–water partition coefficient (Wildman–Crippen LogP) is 4.80. The van der Waals surface area contributed by atoms with Crippen molar-refractivity contribution in [1.82, 2.24) is 4.90 Å². The summed E-state index contributed by atoms with van der Waals surface area (Å²) in [5, 5.41) is 0.439. The topological polar surface area (TPSA) is 59.8 Å². The molecule has 1 aliphatic heterocycles. The minimum Gasteiger partial charge on any atom is -0.455 e. The molecule has 0 bridgehead atoms. The maximum atomic E-state index is 13.4. The van der Waals surface area contributed by atoms with Gasteiger partial charge in [0.15, 0.2) is 11.0 Å². The van der Waals surface area contributed by atoms with Crippen molar-refractivity contribution in [2.45, 2.75) is 38.7 Å². The van der Waals surface area contributed by atoms with Gasteiger partial charge in [-0.05, 0) is 45.2 Å². The van der Waals surface area contributed by atoms with E-state index in [0.29, 0.717) is 40.9 Å². The summed E-state index contributed by atoms with van der Waals surface area (Å²) in [6, 6.07) is 14.8. The van der Waals surface area contributed by atoms with Crippen LogP contribution in [0.1, 0.15) is 42.1 Å². The second kappa shape index (κ2) is 8.07. The van der Waals surface area contributed by atoms with E-state index in [1.54, 1.807) is 32.2 Å². The first-order chi connectivity index (χ1) is 14.4. The van der Waals surface area contributed by atoms with Crippen molar-refractivity contribution in [3.63, 3.8) is 0 Å². The molecule has 1 fully saturated rings. The fraction of sp³-hybridized carbons (Fsp3) is 0.360. The summed E-state index contributed by atoms with van der Waals surface area (Å²) >= 11 is 0. The molecule has 0 aliphatic carbocycles. The molecular formula is C25H27NO4. The molecule has 156 valence electrons. The van der Waals surface area contributed by atoms with Gasteiger partial charge in [0, 0.05) is 31.3 Å². The van der Waals surface area contributed by atoms with Crippen molar-refractivity contribution in [2.75, 3.05) is 20.2 Å². The molecule has 1 aliphatic rings. The third-order valence-electron chi connectivity index (χ3n) is 6.24. The summed E-state index contributed by atoms with van der Waals surface area (Å²) in [6.45, 7) is 5.13. The van der Waals surface area contributed by atoms with Gasteiger partial charge in [-0.1, -0.05) is 36.4 Å². The maximum Gasteiger partial charge on any atom is 0.257 e. The summed E-state index contributed by atoms with van der Waals surface area (Å²) in [4.78, 5) is 28.3. The first kappa shape index (κ1) is 20.4. The van der Waals surface area contributed by atoms with Crippen molar-refractivity contribution in [1.29, 1.82) is 0 Å². The number of rotatable bonds is 3. The SMILES string of the molecule is COC1(C)CCCN(C(=O)c2cccc3c(=O)c(C)c(-c4ccccc4)oc23)CC1. The number of carbonyl (C=O) groups excluding carboxylic acids is 1. The molecule has 5 heteroatoms. The van der Waals surface area contributed by atoms with E-state index in [2.05, 4.69) is 6.92 Å². The number of likely N-dealkylation sites (tertiary alicyclic amines) is 1. The number of fused-ring (bicyclic) bond motifs is 1. The van der Waals surface area contributed by atoms with Gasteiger partial charge in [-0.25, -0.2) is 0 Å². The highest BCUT2D eigenvalue weighted by atomic mass is 16.5. The molecule has 3 aromatic rings. The van der Waals surface area contributed by atoms with Crippen LogP contribution in [0, 0.1) is 6.92 Å². The van der Waals surface area contributed by atoms with Gasteiger partial charge in [-0.2, -0.15) is 0 Å². The van der Waals surface area contributed by atoms with E-state index in [9.17, 15) is 9.59 Å². The van der Waals surface area contributed by atoms with E-state index in [0.717, 1.165) is 24.8 Å². The summed E-state index contributed by atoms with van der Waals surface area (Å²) in [5.74, 6) is 0.406. The van der Waals surface area contributed by atoms with Crippen LogP contribution < -0.4 is 5.43 Å². The van der Waals surface area contributed by atoms with Crippen LogP contribution in [0.15, 0.2) is 57.7 Å². The van der Waals surface area contributed by atoms with Gasteiger partial charge in [0.2, 0.25) is 0 Å². The zero-order valence-corrected chi connectivity index (χ0v) is 17.7. The van der Waals surface area contributed by atoms with Crippen LogP contribution in [0.5, 0.6) is 0 Å². The van der Waals surface area contributed by atoms with Gasteiger partial charge >= 0.3 is 0 Å². The van der Waals surface area contributed by atoms with E-state index >= 15 is 0 Å². The Morgan fingerprint density at radius 2 is 1.83 bits per heavy atom. The van der Waals surface area contributed by atoms with Crippen LogP contribution in [-0.2, 0) is 4.74 Å². The average Bonchev–Trinajstić information content (AvgIpc) is 2.98. The zero-order chi connectivity index (χ0) is 21.3. The molecule has 1 saturated heterocycles. The lowest BCUT2D eigenvalue weighted by Crippen LogP contribution is -2.34. The molecule has 30 heavy (non-hydrogen) atoms. The standard InChI is InChI=1S/C25H27NO4/c1-17-21(27)19-11-7-12-20(23(19)30-22(17)18-9-5-4-6-10-18)24(28)26-15-8-13-25(2,29-3)14-16-26/h4-7,9-12H,8,13-16H2,1-3H3. The van der Waals surface area contributed by atoms with Crippen molar-refractivity contribution in [3.8, 4) is 11.3 Å². The van der Waals surface area contributed by atoms with Crippen molar-refractivity contribution >= 4 is 16.9 Å². The number of ether oxygens (including phenoxy) is 1. The Balaban J connectivity index is 1.79. The van der Waals surface area contributed by atoms with Crippen LogP contribution >= 0.6 is 0 Å². The van der Waals surface area contributed by atoms with E-state index in [1.165, 1.54) is 0 Å². The largest absolute Gasteiger partial charge is 0.455 e. The Labute approximate surface area is 176 Å². The van der Waals surface area contributed by atoms with Crippen LogP contribution in [0.25, 0.3) is 22.3 Å². The predicted molar refractivity (Wildman–Crippen MR) is 118 cm³/mol. The highest BCUT2D eigenvalue weighted by molar-refractivity contribution is 6.05. The second-order valence-electron chi connectivity index (χ2n) is 8.23. The highest BCUT2D eigenvalue weighted by Crippen LogP contribution is 2.29. The fourth-order valence-corrected chi connectivity index (χ4v) is 4.17. The van der Waals surface area contributed by atoms with Gasteiger partial charge in [0.05, 0.1) is 16.6 Å². The Kier molecular flexibility index (Phi) is 5.48. The first-order valence-corrected chi connectivity index (χ1v) is 10.4. The molecule has 1 atom stereocenters.